The lowest BCUT2D eigenvalue weighted by molar-refractivity contribution is 0.0955. The maximum atomic E-state index is 12.4. The first-order valence-electron chi connectivity index (χ1n) is 7.12. The van der Waals surface area contributed by atoms with Gasteiger partial charge in [0.1, 0.15) is 17.2 Å². The highest BCUT2D eigenvalue weighted by Gasteiger charge is 2.19. The Morgan fingerprint density at radius 1 is 1.33 bits per heavy atom. The molecule has 6 nitrogen and oxygen atoms in total. The lowest BCUT2D eigenvalue weighted by Crippen LogP contribution is -2.25. The van der Waals surface area contributed by atoms with E-state index in [9.17, 15) is 15.0 Å². The van der Waals surface area contributed by atoms with Crippen LogP contribution in [0, 0.1) is 0 Å². The molecule has 3 aromatic rings. The number of amides is 1. The molecule has 2 aromatic heterocycles. The van der Waals surface area contributed by atoms with Crippen molar-refractivity contribution in [3.63, 3.8) is 0 Å². The van der Waals surface area contributed by atoms with Crippen molar-refractivity contribution in [1.29, 1.82) is 0 Å². The second-order valence-electron chi connectivity index (χ2n) is 5.05. The number of hydrogen-bond acceptors (Lipinski definition) is 5. The summed E-state index contributed by atoms with van der Waals surface area (Å²) in [4.78, 5) is 13.5. The SMILES string of the molecule is O=C(NCCc1cccs1)c1c[nH]nc1-c1cc(Cl)c(O)cc1O. The van der Waals surface area contributed by atoms with E-state index in [1.165, 1.54) is 17.1 Å². The number of H-pyrrole nitrogens is 1. The monoisotopic (exact) mass is 363 g/mol. The molecule has 0 aliphatic carbocycles. The van der Waals surface area contributed by atoms with Crippen molar-refractivity contribution in [2.24, 2.45) is 0 Å². The summed E-state index contributed by atoms with van der Waals surface area (Å²) in [5, 5.41) is 31.0. The van der Waals surface area contributed by atoms with Crippen LogP contribution < -0.4 is 5.32 Å². The normalized spacial score (nSPS) is 10.7. The highest BCUT2D eigenvalue weighted by atomic mass is 35.5. The molecule has 0 spiro atoms. The molecule has 0 aliphatic rings. The van der Waals surface area contributed by atoms with Crippen molar-refractivity contribution in [2.45, 2.75) is 6.42 Å². The summed E-state index contributed by atoms with van der Waals surface area (Å²) in [7, 11) is 0. The van der Waals surface area contributed by atoms with Crippen molar-refractivity contribution in [1.82, 2.24) is 15.5 Å². The smallest absolute Gasteiger partial charge is 0.255 e. The van der Waals surface area contributed by atoms with Crippen molar-refractivity contribution in [2.75, 3.05) is 6.54 Å². The quantitative estimate of drug-likeness (QED) is 0.559. The summed E-state index contributed by atoms with van der Waals surface area (Å²) in [6.07, 6.45) is 2.20. The molecule has 2 heterocycles. The van der Waals surface area contributed by atoms with E-state index in [1.54, 1.807) is 11.3 Å². The van der Waals surface area contributed by atoms with Gasteiger partial charge in [0.25, 0.3) is 5.91 Å². The van der Waals surface area contributed by atoms with Crippen LogP contribution in [0.15, 0.2) is 35.8 Å². The van der Waals surface area contributed by atoms with E-state index in [0.717, 1.165) is 12.5 Å². The molecule has 0 aliphatic heterocycles. The molecule has 0 radical (unpaired) electrons. The number of aromatic hydroxyl groups is 2. The first kappa shape index (κ1) is 16.4. The van der Waals surface area contributed by atoms with Gasteiger partial charge in [0.05, 0.1) is 10.6 Å². The van der Waals surface area contributed by atoms with Crippen LogP contribution in [0.2, 0.25) is 5.02 Å². The largest absolute Gasteiger partial charge is 0.507 e. The Morgan fingerprint density at radius 2 is 2.17 bits per heavy atom. The Balaban J connectivity index is 1.77. The highest BCUT2D eigenvalue weighted by molar-refractivity contribution is 7.09. The number of phenolic OH excluding ortho intramolecular Hbond substituents is 2. The first-order chi connectivity index (χ1) is 11.6. The summed E-state index contributed by atoms with van der Waals surface area (Å²) in [6, 6.07) is 6.46. The van der Waals surface area contributed by atoms with E-state index < -0.39 is 0 Å². The van der Waals surface area contributed by atoms with Crippen molar-refractivity contribution in [3.05, 3.63) is 51.3 Å². The zero-order chi connectivity index (χ0) is 17.1. The summed E-state index contributed by atoms with van der Waals surface area (Å²) in [5.74, 6) is -0.758. The predicted molar refractivity (Wildman–Crippen MR) is 92.7 cm³/mol. The van der Waals surface area contributed by atoms with Gasteiger partial charge in [0.2, 0.25) is 0 Å². The topological polar surface area (TPSA) is 98.2 Å². The molecule has 0 bridgehead atoms. The van der Waals surface area contributed by atoms with Crippen LogP contribution in [0.3, 0.4) is 0 Å². The van der Waals surface area contributed by atoms with Gasteiger partial charge in [-0.3, -0.25) is 9.89 Å². The van der Waals surface area contributed by atoms with Crippen molar-refractivity contribution >= 4 is 28.8 Å². The van der Waals surface area contributed by atoms with E-state index in [1.807, 2.05) is 17.5 Å². The van der Waals surface area contributed by atoms with Gasteiger partial charge in [0, 0.05) is 29.2 Å². The molecular weight excluding hydrogens is 350 g/mol. The Labute approximate surface area is 146 Å². The Hall–Kier alpha value is -2.51. The molecule has 0 atom stereocenters. The number of thiophene rings is 1. The fraction of sp³-hybridized carbons (Fsp3) is 0.125. The molecule has 0 fully saturated rings. The van der Waals surface area contributed by atoms with Gasteiger partial charge in [-0.2, -0.15) is 5.10 Å². The average Bonchev–Trinajstić information content (AvgIpc) is 3.22. The van der Waals surface area contributed by atoms with Crippen LogP contribution in [-0.4, -0.2) is 32.9 Å². The van der Waals surface area contributed by atoms with E-state index in [-0.39, 0.29) is 33.7 Å². The summed E-state index contributed by atoms with van der Waals surface area (Å²) in [6.45, 7) is 0.492. The van der Waals surface area contributed by atoms with Crippen LogP contribution in [0.1, 0.15) is 15.2 Å². The lowest BCUT2D eigenvalue weighted by atomic mass is 10.1. The third kappa shape index (κ3) is 3.37. The van der Waals surface area contributed by atoms with Crippen molar-refractivity contribution < 1.29 is 15.0 Å². The molecule has 24 heavy (non-hydrogen) atoms. The number of rotatable bonds is 5. The molecule has 1 amide bonds. The van der Waals surface area contributed by atoms with Gasteiger partial charge in [0.15, 0.2) is 0 Å². The standard InChI is InChI=1S/C16H14ClN3O3S/c17-12-6-10(13(21)7-14(12)22)15-11(8-19-20-15)16(23)18-4-3-9-2-1-5-24-9/h1-2,5-8,21-22H,3-4H2,(H,18,23)(H,19,20). The average molecular weight is 364 g/mol. The molecule has 3 rings (SSSR count). The van der Waals surface area contributed by atoms with E-state index in [2.05, 4.69) is 15.5 Å². The number of halogens is 1. The number of nitrogens with one attached hydrogen (secondary N) is 2. The van der Waals surface area contributed by atoms with E-state index in [0.29, 0.717) is 12.1 Å². The summed E-state index contributed by atoms with van der Waals surface area (Å²) in [5.41, 5.74) is 0.823. The third-order valence-corrected chi connectivity index (χ3v) is 4.68. The molecule has 4 N–H and O–H groups in total. The minimum absolute atomic E-state index is 0.0647. The third-order valence-electron chi connectivity index (χ3n) is 3.44. The lowest BCUT2D eigenvalue weighted by Gasteiger charge is -2.07. The molecular formula is C16H14ClN3O3S. The van der Waals surface area contributed by atoms with Crippen LogP contribution in [-0.2, 0) is 6.42 Å². The molecule has 124 valence electrons. The van der Waals surface area contributed by atoms with Gasteiger partial charge in [-0.05, 0) is 23.9 Å². The van der Waals surface area contributed by atoms with E-state index >= 15 is 0 Å². The fourth-order valence-corrected chi connectivity index (χ4v) is 3.13. The highest BCUT2D eigenvalue weighted by Crippen LogP contribution is 2.37. The minimum atomic E-state index is -0.307. The van der Waals surface area contributed by atoms with Gasteiger partial charge in [-0.1, -0.05) is 17.7 Å². The fourth-order valence-electron chi connectivity index (χ4n) is 2.26. The molecule has 0 unspecified atom stereocenters. The number of carbonyl (C=O) groups is 1. The Bertz CT molecular complexity index is 862. The van der Waals surface area contributed by atoms with E-state index in [4.69, 9.17) is 11.6 Å². The summed E-state index contributed by atoms with van der Waals surface area (Å²) < 4.78 is 0. The second kappa shape index (κ2) is 6.94. The number of aromatic nitrogens is 2. The number of nitrogens with zero attached hydrogens (tertiary/aromatic N) is 1. The maximum absolute atomic E-state index is 12.4. The molecule has 1 aromatic carbocycles. The van der Waals surface area contributed by atoms with Gasteiger partial charge in [-0.25, -0.2) is 0 Å². The predicted octanol–water partition coefficient (Wildman–Crippen LogP) is 3.18. The van der Waals surface area contributed by atoms with Gasteiger partial charge in [-0.15, -0.1) is 11.3 Å². The number of hydrogen-bond donors (Lipinski definition) is 4. The van der Waals surface area contributed by atoms with Crippen LogP contribution >= 0.6 is 22.9 Å². The van der Waals surface area contributed by atoms with Crippen LogP contribution in [0.5, 0.6) is 11.5 Å². The zero-order valence-electron chi connectivity index (χ0n) is 12.4. The molecule has 0 saturated heterocycles. The minimum Gasteiger partial charge on any atom is -0.507 e. The zero-order valence-corrected chi connectivity index (χ0v) is 14.0. The van der Waals surface area contributed by atoms with Gasteiger partial charge >= 0.3 is 0 Å². The number of benzene rings is 1. The van der Waals surface area contributed by atoms with Crippen LogP contribution in [0.25, 0.3) is 11.3 Å². The number of aromatic amines is 1. The van der Waals surface area contributed by atoms with Crippen molar-refractivity contribution in [3.8, 4) is 22.8 Å². The van der Waals surface area contributed by atoms with Crippen LogP contribution in [0.4, 0.5) is 0 Å². The summed E-state index contributed by atoms with van der Waals surface area (Å²) >= 11 is 7.51. The first-order valence-corrected chi connectivity index (χ1v) is 8.38. The second-order valence-corrected chi connectivity index (χ2v) is 6.49. The number of carbonyl (C=O) groups excluding carboxylic acids is 1. The maximum Gasteiger partial charge on any atom is 0.255 e. The Kier molecular flexibility index (Phi) is 4.73. The van der Waals surface area contributed by atoms with Gasteiger partial charge < -0.3 is 15.5 Å². The Morgan fingerprint density at radius 3 is 2.92 bits per heavy atom. The molecule has 0 saturated carbocycles. The number of phenols is 2. The molecule has 8 heteroatoms.